The molecular weight excluding hydrogens is 615 g/mol. The number of nitrogens with zero attached hydrogens (tertiary/aromatic N) is 2. The summed E-state index contributed by atoms with van der Waals surface area (Å²) in [6.45, 7) is 0.796. The third kappa shape index (κ3) is 7.06. The number of rotatable bonds is 9. The number of carbonyl (C=O) groups excluding carboxylic acids is 2. The quantitative estimate of drug-likeness (QED) is 0.167. The Hall–Kier alpha value is -4.57. The molecule has 3 N–H and O–H groups in total. The van der Waals surface area contributed by atoms with Crippen LogP contribution in [0.25, 0.3) is 10.9 Å². The van der Waals surface area contributed by atoms with Gasteiger partial charge in [0.2, 0.25) is 0 Å². The molecule has 2 aromatic heterocycles. The normalized spacial score (nSPS) is 14.9. The molecule has 0 radical (unpaired) electrons. The molecule has 0 spiro atoms. The SMILES string of the molecule is O=C(NCC(O)CCOc1ccc(C2c3[nH]c4ccc(Cl)cc4c3CCN2C(=O)Oc2ccc(Cl)cc2)cc1)c1ccncc1. The number of H-pyrrole nitrogens is 1. The van der Waals surface area contributed by atoms with Crippen LogP contribution in [0.4, 0.5) is 4.79 Å². The number of fused-ring (bicyclic) bond motifs is 3. The molecule has 9 nitrogen and oxygen atoms in total. The van der Waals surface area contributed by atoms with Crippen LogP contribution in [0, 0.1) is 0 Å². The molecule has 45 heavy (non-hydrogen) atoms. The Balaban J connectivity index is 1.15. The fourth-order valence-electron chi connectivity index (χ4n) is 5.44. The van der Waals surface area contributed by atoms with Gasteiger partial charge in [-0.1, -0.05) is 35.3 Å². The van der Waals surface area contributed by atoms with Crippen molar-refractivity contribution in [1.29, 1.82) is 0 Å². The molecule has 3 aromatic carbocycles. The number of pyridine rings is 1. The van der Waals surface area contributed by atoms with Gasteiger partial charge in [-0.15, -0.1) is 0 Å². The van der Waals surface area contributed by atoms with Crippen LogP contribution in [0.1, 0.15) is 39.6 Å². The lowest BCUT2D eigenvalue weighted by molar-refractivity contribution is 0.0895. The molecule has 0 fully saturated rings. The van der Waals surface area contributed by atoms with Gasteiger partial charge in [-0.25, -0.2) is 4.79 Å². The summed E-state index contributed by atoms with van der Waals surface area (Å²) < 4.78 is 11.6. The molecule has 0 saturated carbocycles. The second kappa shape index (κ2) is 13.6. The number of aromatic nitrogens is 2. The summed E-state index contributed by atoms with van der Waals surface area (Å²) in [5.41, 5.74) is 4.30. The number of hydrogen-bond donors (Lipinski definition) is 3. The Kier molecular flexibility index (Phi) is 9.21. The number of aliphatic hydroxyl groups is 1. The Morgan fingerprint density at radius 1 is 0.978 bits per heavy atom. The minimum absolute atomic E-state index is 0.102. The zero-order valence-corrected chi connectivity index (χ0v) is 25.6. The van der Waals surface area contributed by atoms with Crippen LogP contribution in [-0.4, -0.2) is 57.8 Å². The van der Waals surface area contributed by atoms with E-state index in [9.17, 15) is 14.7 Å². The number of aliphatic hydroxyl groups excluding tert-OH is 1. The van der Waals surface area contributed by atoms with Crippen LogP contribution in [0.2, 0.25) is 10.0 Å². The Bertz CT molecular complexity index is 1800. The number of hydrogen-bond acceptors (Lipinski definition) is 6. The predicted molar refractivity (Wildman–Crippen MR) is 172 cm³/mol. The number of nitrogens with one attached hydrogen (secondary N) is 2. The van der Waals surface area contributed by atoms with Crippen LogP contribution in [0.15, 0.2) is 91.3 Å². The van der Waals surface area contributed by atoms with Crippen LogP contribution in [0.3, 0.4) is 0 Å². The van der Waals surface area contributed by atoms with Crippen molar-refractivity contribution in [2.75, 3.05) is 19.7 Å². The molecule has 1 aliphatic rings. The summed E-state index contributed by atoms with van der Waals surface area (Å²) >= 11 is 12.3. The highest BCUT2D eigenvalue weighted by molar-refractivity contribution is 6.31. The molecule has 0 saturated heterocycles. The van der Waals surface area contributed by atoms with Crippen molar-refractivity contribution in [2.45, 2.75) is 25.0 Å². The summed E-state index contributed by atoms with van der Waals surface area (Å²) in [6, 6.07) is 22.7. The third-order valence-corrected chi connectivity index (χ3v) is 8.19. The lowest BCUT2D eigenvalue weighted by Crippen LogP contribution is -2.42. The number of benzene rings is 3. The predicted octanol–water partition coefficient (Wildman–Crippen LogP) is 6.58. The zero-order valence-electron chi connectivity index (χ0n) is 24.1. The topological polar surface area (TPSA) is 117 Å². The number of aromatic amines is 1. The molecule has 6 rings (SSSR count). The minimum atomic E-state index is -0.772. The highest BCUT2D eigenvalue weighted by Crippen LogP contribution is 2.40. The van der Waals surface area contributed by atoms with Gasteiger partial charge in [0.15, 0.2) is 0 Å². The Morgan fingerprint density at radius 2 is 1.69 bits per heavy atom. The number of halogens is 2. The molecule has 1 aliphatic heterocycles. The summed E-state index contributed by atoms with van der Waals surface area (Å²) in [5.74, 6) is 0.741. The first kappa shape index (κ1) is 30.5. The maximum absolute atomic E-state index is 13.5. The van der Waals surface area contributed by atoms with Gasteiger partial charge in [0.05, 0.1) is 12.7 Å². The van der Waals surface area contributed by atoms with Crippen molar-refractivity contribution in [3.63, 3.8) is 0 Å². The van der Waals surface area contributed by atoms with E-state index < -0.39 is 18.2 Å². The highest BCUT2D eigenvalue weighted by atomic mass is 35.5. The minimum Gasteiger partial charge on any atom is -0.493 e. The smallest absolute Gasteiger partial charge is 0.416 e. The highest BCUT2D eigenvalue weighted by Gasteiger charge is 2.35. The Labute approximate surface area is 269 Å². The number of ether oxygens (including phenoxy) is 2. The van der Waals surface area contributed by atoms with Gasteiger partial charge in [0, 0.05) is 64.1 Å². The summed E-state index contributed by atoms with van der Waals surface area (Å²) in [5, 5.41) is 15.3. The molecule has 0 bridgehead atoms. The van der Waals surface area contributed by atoms with E-state index in [1.54, 1.807) is 53.7 Å². The second-order valence-electron chi connectivity index (χ2n) is 10.7. The van der Waals surface area contributed by atoms with E-state index in [0.717, 1.165) is 27.7 Å². The summed E-state index contributed by atoms with van der Waals surface area (Å²) in [4.78, 5) is 34.8. The van der Waals surface area contributed by atoms with E-state index >= 15 is 0 Å². The number of carbonyl (C=O) groups is 2. The van der Waals surface area contributed by atoms with Crippen molar-refractivity contribution < 1.29 is 24.2 Å². The van der Waals surface area contributed by atoms with Gasteiger partial charge in [-0.2, -0.15) is 0 Å². The zero-order chi connectivity index (χ0) is 31.3. The van der Waals surface area contributed by atoms with Crippen molar-refractivity contribution in [3.05, 3.63) is 124 Å². The van der Waals surface area contributed by atoms with Crippen LogP contribution in [0.5, 0.6) is 11.5 Å². The average Bonchev–Trinajstić information content (AvgIpc) is 3.43. The van der Waals surface area contributed by atoms with Crippen LogP contribution >= 0.6 is 23.2 Å². The average molecular weight is 646 g/mol. The van der Waals surface area contributed by atoms with Crippen molar-refractivity contribution in [2.24, 2.45) is 0 Å². The van der Waals surface area contributed by atoms with E-state index in [1.807, 2.05) is 42.5 Å². The molecule has 11 heteroatoms. The third-order valence-electron chi connectivity index (χ3n) is 7.70. The molecule has 2 amide bonds. The molecular formula is C34H30Cl2N4O5. The van der Waals surface area contributed by atoms with Crippen molar-refractivity contribution in [3.8, 4) is 11.5 Å². The van der Waals surface area contributed by atoms with Gasteiger partial charge in [0.25, 0.3) is 5.91 Å². The fraction of sp³-hybridized carbons (Fsp3) is 0.206. The van der Waals surface area contributed by atoms with E-state index in [0.29, 0.717) is 46.5 Å². The lowest BCUT2D eigenvalue weighted by Gasteiger charge is -2.35. The van der Waals surface area contributed by atoms with Gasteiger partial charge in [-0.3, -0.25) is 14.7 Å². The van der Waals surface area contributed by atoms with Crippen molar-refractivity contribution >= 4 is 46.1 Å². The molecule has 230 valence electrons. The maximum atomic E-state index is 13.5. The monoisotopic (exact) mass is 644 g/mol. The van der Waals surface area contributed by atoms with Gasteiger partial charge in [0.1, 0.15) is 17.5 Å². The van der Waals surface area contributed by atoms with E-state index in [-0.39, 0.29) is 19.1 Å². The lowest BCUT2D eigenvalue weighted by atomic mass is 9.92. The van der Waals surface area contributed by atoms with Crippen LogP contribution < -0.4 is 14.8 Å². The molecule has 0 aliphatic carbocycles. The molecule has 5 aromatic rings. The van der Waals surface area contributed by atoms with E-state index in [1.165, 1.54) is 0 Å². The number of amides is 2. The summed E-state index contributed by atoms with van der Waals surface area (Å²) in [7, 11) is 0. The molecule has 2 atom stereocenters. The van der Waals surface area contributed by atoms with E-state index in [4.69, 9.17) is 32.7 Å². The standard InChI is InChI=1S/C34H30Cl2N4O5/c35-23-3-8-27(9-4-23)45-34(43)40-17-13-28-29-19-24(36)5-10-30(29)39-31(28)32(40)21-1-6-26(7-2-21)44-18-14-25(41)20-38-33(42)22-11-15-37-16-12-22/h1-12,15-16,19,25,32,39,41H,13-14,17-18,20H2,(H,38,42). The first-order valence-corrected chi connectivity index (χ1v) is 15.2. The second-order valence-corrected chi connectivity index (χ2v) is 11.6. The van der Waals surface area contributed by atoms with Gasteiger partial charge < -0.3 is 24.9 Å². The van der Waals surface area contributed by atoms with Crippen molar-refractivity contribution in [1.82, 2.24) is 20.2 Å². The van der Waals surface area contributed by atoms with Crippen LogP contribution in [-0.2, 0) is 6.42 Å². The first-order valence-electron chi connectivity index (χ1n) is 14.5. The Morgan fingerprint density at radius 3 is 2.44 bits per heavy atom. The fourth-order valence-corrected chi connectivity index (χ4v) is 5.74. The maximum Gasteiger partial charge on any atom is 0.416 e. The van der Waals surface area contributed by atoms with Gasteiger partial charge >= 0.3 is 6.09 Å². The molecule has 3 heterocycles. The largest absolute Gasteiger partial charge is 0.493 e. The van der Waals surface area contributed by atoms with E-state index in [2.05, 4.69) is 15.3 Å². The van der Waals surface area contributed by atoms with Gasteiger partial charge in [-0.05, 0) is 84.3 Å². The molecule has 2 unspecified atom stereocenters. The summed E-state index contributed by atoms with van der Waals surface area (Å²) in [6.07, 6.45) is 2.79. The first-order chi connectivity index (χ1) is 21.9.